The van der Waals surface area contributed by atoms with E-state index >= 15 is 0 Å². The van der Waals surface area contributed by atoms with Crippen LogP contribution in [-0.4, -0.2) is 12.1 Å². The molecule has 0 amide bonds. The van der Waals surface area contributed by atoms with Gasteiger partial charge in [-0.2, -0.15) is 0 Å². The molecule has 0 atom stereocenters. The highest BCUT2D eigenvalue weighted by molar-refractivity contribution is 5.45. The normalized spacial score (nSPS) is 16.5. The molecule has 0 aromatic heterocycles. The zero-order valence-corrected chi connectivity index (χ0v) is 12.8. The van der Waals surface area contributed by atoms with Crippen LogP contribution < -0.4 is 10.1 Å². The Kier molecular flexibility index (Phi) is 4.51. The molecule has 0 spiro atoms. The van der Waals surface area contributed by atoms with E-state index in [2.05, 4.69) is 51.2 Å². The largest absolute Gasteiger partial charge is 0.487 e. The molecular formula is C17H27NO. The Bertz CT molecular complexity index is 423. The van der Waals surface area contributed by atoms with Crippen molar-refractivity contribution in [1.29, 1.82) is 0 Å². The third-order valence-corrected chi connectivity index (χ3v) is 3.62. The molecule has 2 heteroatoms. The number of hydrogen-bond acceptors (Lipinski definition) is 2. The van der Waals surface area contributed by atoms with Crippen LogP contribution in [0, 0.1) is 5.92 Å². The van der Waals surface area contributed by atoms with E-state index in [4.69, 9.17) is 4.74 Å². The molecule has 0 radical (unpaired) electrons. The van der Waals surface area contributed by atoms with Gasteiger partial charge in [-0.05, 0) is 44.7 Å². The Morgan fingerprint density at radius 3 is 2.84 bits per heavy atom. The Morgan fingerprint density at radius 1 is 1.32 bits per heavy atom. The maximum Gasteiger partial charge on any atom is 0.127 e. The van der Waals surface area contributed by atoms with E-state index in [0.717, 1.165) is 31.2 Å². The van der Waals surface area contributed by atoms with Crippen LogP contribution in [-0.2, 0) is 13.0 Å². The maximum absolute atomic E-state index is 6.08. The molecule has 0 aliphatic carbocycles. The van der Waals surface area contributed by atoms with Crippen LogP contribution in [0.4, 0.5) is 0 Å². The molecule has 0 saturated heterocycles. The summed E-state index contributed by atoms with van der Waals surface area (Å²) in [4.78, 5) is 0. The summed E-state index contributed by atoms with van der Waals surface area (Å²) < 4.78 is 6.08. The molecule has 1 aromatic carbocycles. The number of nitrogens with one attached hydrogen (secondary N) is 1. The number of rotatable bonds is 6. The number of hydrogen-bond donors (Lipinski definition) is 1. The second-order valence-electron chi connectivity index (χ2n) is 6.66. The summed E-state index contributed by atoms with van der Waals surface area (Å²) >= 11 is 0. The van der Waals surface area contributed by atoms with Gasteiger partial charge in [-0.25, -0.2) is 0 Å². The lowest BCUT2D eigenvalue weighted by molar-refractivity contribution is 0.137. The highest BCUT2D eigenvalue weighted by Gasteiger charge is 2.31. The van der Waals surface area contributed by atoms with E-state index in [1.54, 1.807) is 0 Å². The summed E-state index contributed by atoms with van der Waals surface area (Å²) in [7, 11) is 0. The van der Waals surface area contributed by atoms with Crippen LogP contribution in [0.25, 0.3) is 0 Å². The van der Waals surface area contributed by atoms with Gasteiger partial charge >= 0.3 is 0 Å². The van der Waals surface area contributed by atoms with Crippen molar-refractivity contribution in [2.75, 3.05) is 6.54 Å². The number of benzene rings is 1. The smallest absolute Gasteiger partial charge is 0.127 e. The standard InChI is InChI=1S/C17H27NO/c1-13(2)7-6-10-18-12-15-9-5-8-14-11-17(3,4)19-16(14)15/h5,8-9,13,18H,6-7,10-12H2,1-4H3. The lowest BCUT2D eigenvalue weighted by atomic mass is 10.0. The van der Waals surface area contributed by atoms with Gasteiger partial charge in [0.25, 0.3) is 0 Å². The second kappa shape index (κ2) is 5.96. The van der Waals surface area contributed by atoms with Crippen molar-refractivity contribution in [3.05, 3.63) is 29.3 Å². The first-order valence-electron chi connectivity index (χ1n) is 7.48. The number of para-hydroxylation sites is 1. The molecule has 19 heavy (non-hydrogen) atoms. The summed E-state index contributed by atoms with van der Waals surface area (Å²) in [5.74, 6) is 1.91. The van der Waals surface area contributed by atoms with Crippen molar-refractivity contribution in [2.24, 2.45) is 5.92 Å². The summed E-state index contributed by atoms with van der Waals surface area (Å²) in [5, 5.41) is 3.53. The SMILES string of the molecule is CC(C)CCCNCc1cccc2c1OC(C)(C)C2. The fraction of sp³-hybridized carbons (Fsp3) is 0.647. The third kappa shape index (κ3) is 3.97. The monoisotopic (exact) mass is 261 g/mol. The number of ether oxygens (including phenoxy) is 1. The summed E-state index contributed by atoms with van der Waals surface area (Å²) in [6, 6.07) is 6.51. The Hall–Kier alpha value is -1.02. The van der Waals surface area contributed by atoms with Crippen molar-refractivity contribution < 1.29 is 4.74 Å². The first-order valence-corrected chi connectivity index (χ1v) is 7.48. The summed E-state index contributed by atoms with van der Waals surface area (Å²) in [6.45, 7) is 10.9. The van der Waals surface area contributed by atoms with Crippen LogP contribution in [0.3, 0.4) is 0 Å². The van der Waals surface area contributed by atoms with Gasteiger partial charge < -0.3 is 10.1 Å². The molecule has 1 heterocycles. The van der Waals surface area contributed by atoms with Gasteiger partial charge in [0.1, 0.15) is 11.4 Å². The molecule has 106 valence electrons. The van der Waals surface area contributed by atoms with Crippen molar-refractivity contribution in [3.8, 4) is 5.75 Å². The lowest BCUT2D eigenvalue weighted by Gasteiger charge is -2.18. The zero-order chi connectivity index (χ0) is 13.9. The van der Waals surface area contributed by atoms with Crippen molar-refractivity contribution in [1.82, 2.24) is 5.32 Å². The molecule has 1 aromatic rings. The minimum absolute atomic E-state index is 0.0456. The highest BCUT2D eigenvalue weighted by Crippen LogP contribution is 2.37. The van der Waals surface area contributed by atoms with Gasteiger partial charge in [0.2, 0.25) is 0 Å². The maximum atomic E-state index is 6.08. The second-order valence-corrected chi connectivity index (χ2v) is 6.66. The fourth-order valence-corrected chi connectivity index (χ4v) is 2.68. The van der Waals surface area contributed by atoms with E-state index in [0.29, 0.717) is 0 Å². The molecule has 2 rings (SSSR count). The van der Waals surface area contributed by atoms with Crippen LogP contribution in [0.1, 0.15) is 51.7 Å². The molecule has 2 nitrogen and oxygen atoms in total. The first-order chi connectivity index (χ1) is 8.98. The highest BCUT2D eigenvalue weighted by atomic mass is 16.5. The summed E-state index contributed by atoms with van der Waals surface area (Å²) in [6.07, 6.45) is 3.56. The molecule has 1 aliphatic heterocycles. The molecular weight excluding hydrogens is 234 g/mol. The predicted molar refractivity (Wildman–Crippen MR) is 80.6 cm³/mol. The minimum atomic E-state index is -0.0456. The first kappa shape index (κ1) is 14.4. The van der Waals surface area contributed by atoms with Gasteiger partial charge in [-0.3, -0.25) is 0 Å². The Balaban J connectivity index is 1.87. The quantitative estimate of drug-likeness (QED) is 0.784. The van der Waals surface area contributed by atoms with E-state index in [-0.39, 0.29) is 5.60 Å². The van der Waals surface area contributed by atoms with Crippen molar-refractivity contribution >= 4 is 0 Å². The third-order valence-electron chi connectivity index (χ3n) is 3.62. The predicted octanol–water partition coefficient (Wildman–Crippen LogP) is 3.93. The van der Waals surface area contributed by atoms with Gasteiger partial charge in [-0.1, -0.05) is 32.0 Å². The Labute approximate surface area is 117 Å². The van der Waals surface area contributed by atoms with E-state index in [9.17, 15) is 0 Å². The minimum Gasteiger partial charge on any atom is -0.487 e. The zero-order valence-electron chi connectivity index (χ0n) is 12.8. The van der Waals surface area contributed by atoms with E-state index in [1.807, 2.05) is 0 Å². The molecule has 0 bridgehead atoms. The van der Waals surface area contributed by atoms with Crippen LogP contribution in [0.2, 0.25) is 0 Å². The van der Waals surface area contributed by atoms with Crippen LogP contribution >= 0.6 is 0 Å². The van der Waals surface area contributed by atoms with E-state index < -0.39 is 0 Å². The van der Waals surface area contributed by atoms with E-state index in [1.165, 1.54) is 24.0 Å². The van der Waals surface area contributed by atoms with Crippen LogP contribution in [0.5, 0.6) is 5.75 Å². The molecule has 0 unspecified atom stereocenters. The lowest BCUT2D eigenvalue weighted by Crippen LogP contribution is -2.25. The average Bonchev–Trinajstić information content (AvgIpc) is 2.63. The van der Waals surface area contributed by atoms with Gasteiger partial charge in [-0.15, -0.1) is 0 Å². The van der Waals surface area contributed by atoms with Gasteiger partial charge in [0.15, 0.2) is 0 Å². The molecule has 0 saturated carbocycles. The molecule has 1 N–H and O–H groups in total. The number of fused-ring (bicyclic) bond motifs is 1. The topological polar surface area (TPSA) is 21.3 Å². The molecule has 0 fully saturated rings. The fourth-order valence-electron chi connectivity index (χ4n) is 2.68. The molecule has 1 aliphatic rings. The Morgan fingerprint density at radius 2 is 2.11 bits per heavy atom. The average molecular weight is 261 g/mol. The summed E-state index contributed by atoms with van der Waals surface area (Å²) in [5.41, 5.74) is 2.61. The van der Waals surface area contributed by atoms with Gasteiger partial charge in [0, 0.05) is 18.5 Å². The van der Waals surface area contributed by atoms with Crippen molar-refractivity contribution in [3.63, 3.8) is 0 Å². The van der Waals surface area contributed by atoms with Gasteiger partial charge in [0.05, 0.1) is 0 Å². The van der Waals surface area contributed by atoms with Crippen LogP contribution in [0.15, 0.2) is 18.2 Å². The van der Waals surface area contributed by atoms with Crippen molar-refractivity contribution in [2.45, 2.75) is 59.1 Å².